The third-order valence-electron chi connectivity index (χ3n) is 6.82. The average Bonchev–Trinajstić information content (AvgIpc) is 3.33. The summed E-state index contributed by atoms with van der Waals surface area (Å²) in [4.78, 5) is 26.1. The van der Waals surface area contributed by atoms with Gasteiger partial charge < -0.3 is 4.57 Å². The van der Waals surface area contributed by atoms with Crippen LogP contribution in [0.2, 0.25) is 0 Å². The zero-order chi connectivity index (χ0) is 24.5. The van der Waals surface area contributed by atoms with Crippen LogP contribution in [0, 0.1) is 0 Å². The number of pyridine rings is 2. The van der Waals surface area contributed by atoms with Crippen molar-refractivity contribution in [2.75, 3.05) is 5.43 Å². The highest BCUT2D eigenvalue weighted by Gasteiger charge is 2.20. The lowest BCUT2D eigenvalue weighted by molar-refractivity contribution is 0.0958. The van der Waals surface area contributed by atoms with Crippen LogP contribution >= 0.6 is 0 Å². The number of anilines is 1. The number of amides is 1. The molecule has 0 radical (unpaired) electrons. The van der Waals surface area contributed by atoms with E-state index < -0.39 is 0 Å². The Balaban J connectivity index is 1.39. The monoisotopic (exact) mass is 474 g/mol. The minimum absolute atomic E-state index is 0.320. The topological polar surface area (TPSA) is 84.7 Å². The average molecular weight is 475 g/mol. The molecule has 7 nitrogen and oxygen atoms in total. The molecule has 2 aromatic carbocycles. The van der Waals surface area contributed by atoms with Crippen LogP contribution in [-0.4, -0.2) is 25.4 Å². The van der Waals surface area contributed by atoms with Gasteiger partial charge >= 0.3 is 0 Å². The lowest BCUT2D eigenvalue weighted by Crippen LogP contribution is -2.30. The van der Waals surface area contributed by atoms with E-state index in [2.05, 4.69) is 63.3 Å². The van der Waals surface area contributed by atoms with E-state index in [0.717, 1.165) is 33.3 Å². The standard InChI is InChI=1S/C29H26N6O/c1-35-17-26(31-18-35)29(36)34-33-28-24-16-23(21-6-3-2-4-7-21)27(32-25(24)14-15-30-28)22-12-10-20(11-13-22)19-8-5-9-19/h2-4,6-7,10-19H,5,8-9H2,1H3,(H,30,33)(H,34,36). The Morgan fingerprint density at radius 3 is 2.47 bits per heavy atom. The summed E-state index contributed by atoms with van der Waals surface area (Å²) < 4.78 is 1.72. The molecule has 0 bridgehead atoms. The maximum Gasteiger partial charge on any atom is 0.289 e. The number of nitrogens with one attached hydrogen (secondary N) is 2. The largest absolute Gasteiger partial charge is 0.340 e. The molecule has 1 aliphatic rings. The number of hydrogen-bond donors (Lipinski definition) is 2. The highest BCUT2D eigenvalue weighted by molar-refractivity contribution is 5.98. The molecule has 7 heteroatoms. The van der Waals surface area contributed by atoms with Gasteiger partial charge in [0.05, 0.1) is 17.5 Å². The maximum atomic E-state index is 12.5. The van der Waals surface area contributed by atoms with Crippen molar-refractivity contribution in [2.45, 2.75) is 25.2 Å². The van der Waals surface area contributed by atoms with Crippen LogP contribution in [-0.2, 0) is 7.05 Å². The molecule has 5 aromatic rings. The summed E-state index contributed by atoms with van der Waals surface area (Å²) in [6.07, 6.45) is 8.82. The number of imidazole rings is 1. The van der Waals surface area contributed by atoms with Crippen molar-refractivity contribution in [3.8, 4) is 22.4 Å². The summed E-state index contributed by atoms with van der Waals surface area (Å²) in [7, 11) is 1.82. The number of hydrogen-bond acceptors (Lipinski definition) is 5. The Kier molecular flexibility index (Phi) is 5.65. The third-order valence-corrected chi connectivity index (χ3v) is 6.82. The molecule has 6 rings (SSSR count). The maximum absolute atomic E-state index is 12.5. The van der Waals surface area contributed by atoms with Crippen molar-refractivity contribution < 1.29 is 4.79 Å². The van der Waals surface area contributed by atoms with E-state index in [1.165, 1.54) is 24.8 Å². The number of hydrazine groups is 1. The van der Waals surface area contributed by atoms with Gasteiger partial charge in [-0.25, -0.2) is 15.0 Å². The number of nitrogens with zero attached hydrogens (tertiary/aromatic N) is 4. The number of carbonyl (C=O) groups is 1. The van der Waals surface area contributed by atoms with Gasteiger partial charge in [0.2, 0.25) is 0 Å². The Labute approximate surface area is 209 Å². The second-order valence-corrected chi connectivity index (χ2v) is 9.23. The Morgan fingerprint density at radius 2 is 1.78 bits per heavy atom. The van der Waals surface area contributed by atoms with E-state index >= 15 is 0 Å². The van der Waals surface area contributed by atoms with E-state index in [9.17, 15) is 4.79 Å². The summed E-state index contributed by atoms with van der Waals surface area (Å²) in [6.45, 7) is 0. The highest BCUT2D eigenvalue weighted by atomic mass is 16.2. The first-order valence-electron chi connectivity index (χ1n) is 12.2. The van der Waals surface area contributed by atoms with Gasteiger partial charge in [0.25, 0.3) is 5.91 Å². The molecular formula is C29H26N6O. The predicted molar refractivity (Wildman–Crippen MR) is 141 cm³/mol. The van der Waals surface area contributed by atoms with Crippen molar-refractivity contribution in [1.29, 1.82) is 0 Å². The number of fused-ring (bicyclic) bond motifs is 1. The first kappa shape index (κ1) is 22.0. The quantitative estimate of drug-likeness (QED) is 0.307. The fourth-order valence-electron chi connectivity index (χ4n) is 4.62. The molecule has 0 spiro atoms. The van der Waals surface area contributed by atoms with Gasteiger partial charge in [-0.15, -0.1) is 0 Å². The second-order valence-electron chi connectivity index (χ2n) is 9.23. The van der Waals surface area contributed by atoms with Gasteiger partial charge in [-0.1, -0.05) is 61.0 Å². The molecule has 0 unspecified atom stereocenters. The molecular weight excluding hydrogens is 448 g/mol. The predicted octanol–water partition coefficient (Wildman–Crippen LogP) is 5.72. The van der Waals surface area contributed by atoms with Crippen LogP contribution in [0.1, 0.15) is 41.2 Å². The minimum Gasteiger partial charge on any atom is -0.340 e. The molecule has 3 heterocycles. The van der Waals surface area contributed by atoms with Crippen LogP contribution in [0.25, 0.3) is 33.3 Å². The highest BCUT2D eigenvalue weighted by Crippen LogP contribution is 2.39. The zero-order valence-electron chi connectivity index (χ0n) is 20.0. The summed E-state index contributed by atoms with van der Waals surface area (Å²) in [6, 6.07) is 23.1. The molecule has 1 aliphatic carbocycles. The van der Waals surface area contributed by atoms with Crippen LogP contribution in [0.5, 0.6) is 0 Å². The molecule has 36 heavy (non-hydrogen) atoms. The van der Waals surface area contributed by atoms with Crippen LogP contribution in [0.3, 0.4) is 0 Å². The summed E-state index contributed by atoms with van der Waals surface area (Å²) in [5.74, 6) is 0.875. The zero-order valence-corrected chi connectivity index (χ0v) is 20.0. The Bertz CT molecular complexity index is 1540. The van der Waals surface area contributed by atoms with Gasteiger partial charge in [0.15, 0.2) is 5.82 Å². The van der Waals surface area contributed by atoms with Crippen LogP contribution in [0.15, 0.2) is 85.5 Å². The molecule has 0 atom stereocenters. The number of aryl methyl sites for hydroxylation is 1. The molecule has 1 saturated carbocycles. The molecule has 1 amide bonds. The van der Waals surface area contributed by atoms with Crippen molar-refractivity contribution in [2.24, 2.45) is 7.05 Å². The molecule has 0 aliphatic heterocycles. The summed E-state index contributed by atoms with van der Waals surface area (Å²) >= 11 is 0. The molecule has 178 valence electrons. The first-order chi connectivity index (χ1) is 17.7. The van der Waals surface area contributed by atoms with E-state index in [1.54, 1.807) is 23.3 Å². The van der Waals surface area contributed by atoms with Gasteiger partial charge in [0.1, 0.15) is 5.69 Å². The van der Waals surface area contributed by atoms with E-state index in [1.807, 2.05) is 31.3 Å². The molecule has 2 N–H and O–H groups in total. The van der Waals surface area contributed by atoms with E-state index in [-0.39, 0.29) is 5.91 Å². The van der Waals surface area contributed by atoms with Crippen molar-refractivity contribution in [1.82, 2.24) is 24.9 Å². The van der Waals surface area contributed by atoms with Gasteiger partial charge in [-0.05, 0) is 42.0 Å². The van der Waals surface area contributed by atoms with E-state index in [4.69, 9.17) is 4.98 Å². The summed E-state index contributed by atoms with van der Waals surface area (Å²) in [5, 5.41) is 0.813. The van der Waals surface area contributed by atoms with Gasteiger partial charge in [-0.2, -0.15) is 0 Å². The fraction of sp³-hybridized carbons (Fsp3) is 0.172. The lowest BCUT2D eigenvalue weighted by atomic mass is 9.80. The van der Waals surface area contributed by atoms with E-state index in [0.29, 0.717) is 17.4 Å². The number of aromatic nitrogens is 4. The smallest absolute Gasteiger partial charge is 0.289 e. The number of benzene rings is 2. The van der Waals surface area contributed by atoms with Crippen molar-refractivity contribution >= 4 is 22.6 Å². The Morgan fingerprint density at radius 1 is 0.972 bits per heavy atom. The molecule has 0 saturated heterocycles. The third kappa shape index (κ3) is 4.20. The van der Waals surface area contributed by atoms with Crippen LogP contribution in [0.4, 0.5) is 5.82 Å². The number of carbonyl (C=O) groups excluding carboxylic acids is 1. The van der Waals surface area contributed by atoms with Crippen molar-refractivity contribution in [3.63, 3.8) is 0 Å². The minimum atomic E-state index is -0.339. The second kappa shape index (κ2) is 9.26. The fourth-order valence-corrected chi connectivity index (χ4v) is 4.62. The molecule has 1 fully saturated rings. The van der Waals surface area contributed by atoms with Crippen molar-refractivity contribution in [3.05, 3.63) is 96.7 Å². The first-order valence-corrected chi connectivity index (χ1v) is 12.2. The lowest BCUT2D eigenvalue weighted by Gasteiger charge is -2.25. The van der Waals surface area contributed by atoms with Gasteiger partial charge in [-0.3, -0.25) is 15.6 Å². The normalized spacial score (nSPS) is 13.4. The number of rotatable bonds is 6. The summed E-state index contributed by atoms with van der Waals surface area (Å²) in [5.41, 5.74) is 12.3. The molecule has 3 aromatic heterocycles. The van der Waals surface area contributed by atoms with Gasteiger partial charge in [0, 0.05) is 36.0 Å². The Hall–Kier alpha value is -4.52. The van der Waals surface area contributed by atoms with Crippen LogP contribution < -0.4 is 10.9 Å². The SMILES string of the molecule is Cn1cnc(C(=O)NNc2nccc3nc(-c4ccc(C5CCC5)cc4)c(-c4ccccc4)cc23)c1.